The van der Waals surface area contributed by atoms with Crippen molar-refractivity contribution in [2.24, 2.45) is 0 Å². The summed E-state index contributed by atoms with van der Waals surface area (Å²) in [5, 5.41) is 0. The van der Waals surface area contributed by atoms with E-state index in [1.807, 2.05) is 0 Å². The van der Waals surface area contributed by atoms with Crippen LogP contribution < -0.4 is 0 Å². The normalized spacial score (nSPS) is 11.9. The Morgan fingerprint density at radius 1 is 0.208 bits per heavy atom. The summed E-state index contributed by atoms with van der Waals surface area (Å²) in [6, 6.07) is 0. The Labute approximate surface area is 482 Å². The largest absolute Gasteiger partial charge is 0.462 e. The number of carbonyl (C=O) groups excluding carboxylic acids is 3. The lowest BCUT2D eigenvalue weighted by Crippen LogP contribution is -2.30. The van der Waals surface area contributed by atoms with Gasteiger partial charge in [0.1, 0.15) is 13.2 Å². The number of hydrogen-bond donors (Lipinski definition) is 0. The van der Waals surface area contributed by atoms with Gasteiger partial charge in [0.25, 0.3) is 0 Å². The standard InChI is InChI=1S/C71H138O6/c1-4-7-10-13-16-18-20-22-24-26-28-29-30-31-32-33-34-35-36-37-38-39-40-41-42-43-44-46-47-49-51-53-55-58-61-64-70(73)76-67-68(66-75-69(72)63-60-57-15-12-9-6-3)77-71(74)65-62-59-56-54-52-50-48-45-27-25-23-21-19-17-14-11-8-5-2/h68H,4-67H2,1-3H3. The summed E-state index contributed by atoms with van der Waals surface area (Å²) in [5.74, 6) is -0.840. The van der Waals surface area contributed by atoms with E-state index in [4.69, 9.17) is 14.2 Å². The van der Waals surface area contributed by atoms with Gasteiger partial charge in [-0.2, -0.15) is 0 Å². The van der Waals surface area contributed by atoms with Gasteiger partial charge < -0.3 is 14.2 Å². The summed E-state index contributed by atoms with van der Waals surface area (Å²) >= 11 is 0. The van der Waals surface area contributed by atoms with Gasteiger partial charge in [-0.3, -0.25) is 14.4 Å². The van der Waals surface area contributed by atoms with Crippen LogP contribution >= 0.6 is 0 Å². The third-order valence-electron chi connectivity index (χ3n) is 16.6. The van der Waals surface area contributed by atoms with E-state index in [0.717, 1.165) is 57.8 Å². The zero-order valence-electron chi connectivity index (χ0n) is 52.8. The molecular formula is C71H138O6. The minimum atomic E-state index is -0.761. The fourth-order valence-electron chi connectivity index (χ4n) is 11.3. The number of hydrogen-bond acceptors (Lipinski definition) is 6. The summed E-state index contributed by atoms with van der Waals surface area (Å²) in [5.41, 5.74) is 0. The summed E-state index contributed by atoms with van der Waals surface area (Å²) in [7, 11) is 0. The molecular weight excluding hydrogens is 949 g/mol. The van der Waals surface area contributed by atoms with Crippen LogP contribution in [-0.2, 0) is 28.6 Å². The average Bonchev–Trinajstić information content (AvgIpc) is 3.43. The van der Waals surface area contributed by atoms with Gasteiger partial charge in [0.05, 0.1) is 0 Å². The van der Waals surface area contributed by atoms with E-state index in [1.54, 1.807) is 0 Å². The van der Waals surface area contributed by atoms with Crippen LogP contribution in [0, 0.1) is 0 Å². The van der Waals surface area contributed by atoms with Crippen molar-refractivity contribution >= 4 is 17.9 Å². The molecule has 0 aromatic heterocycles. The maximum atomic E-state index is 12.8. The van der Waals surface area contributed by atoms with Crippen molar-refractivity contribution in [1.82, 2.24) is 0 Å². The predicted octanol–water partition coefficient (Wildman–Crippen LogP) is 24.2. The Balaban J connectivity index is 3.85. The van der Waals surface area contributed by atoms with Crippen LogP contribution in [0.5, 0.6) is 0 Å². The fraction of sp³-hybridized carbons (Fsp3) is 0.958. The van der Waals surface area contributed by atoms with Crippen LogP contribution in [0.1, 0.15) is 419 Å². The SMILES string of the molecule is CCCCCCCCCCCCCCCCCCCCCCCCCCCCCCCCCCCCCC(=O)OCC(COC(=O)CCCCCCCC)OC(=O)CCCCCCCCCCCCCCCCCCCC. The number of rotatable bonds is 67. The van der Waals surface area contributed by atoms with E-state index in [2.05, 4.69) is 20.8 Å². The third kappa shape index (κ3) is 65.1. The highest BCUT2D eigenvalue weighted by Crippen LogP contribution is 2.20. The molecule has 0 aliphatic rings. The van der Waals surface area contributed by atoms with Crippen LogP contribution in [0.15, 0.2) is 0 Å². The zero-order valence-corrected chi connectivity index (χ0v) is 52.8. The number of ether oxygens (including phenoxy) is 3. The third-order valence-corrected chi connectivity index (χ3v) is 16.6. The Morgan fingerprint density at radius 2 is 0.351 bits per heavy atom. The van der Waals surface area contributed by atoms with E-state index in [1.165, 1.54) is 321 Å². The van der Waals surface area contributed by atoms with Gasteiger partial charge in [0.2, 0.25) is 0 Å². The Bertz CT molecular complexity index is 1160. The summed E-state index contributed by atoms with van der Waals surface area (Å²) < 4.78 is 16.8. The topological polar surface area (TPSA) is 78.9 Å². The van der Waals surface area contributed by atoms with Crippen molar-refractivity contribution in [2.45, 2.75) is 425 Å². The summed E-state index contributed by atoms with van der Waals surface area (Å²) in [4.78, 5) is 38.0. The highest BCUT2D eigenvalue weighted by Gasteiger charge is 2.19. The Kier molecular flexibility index (Phi) is 65.5. The molecule has 0 heterocycles. The van der Waals surface area contributed by atoms with Crippen LogP contribution in [-0.4, -0.2) is 37.2 Å². The second kappa shape index (κ2) is 66.9. The highest BCUT2D eigenvalue weighted by atomic mass is 16.6. The molecule has 0 aliphatic heterocycles. The summed E-state index contributed by atoms with van der Waals surface area (Å²) in [6.45, 7) is 6.67. The van der Waals surface area contributed by atoms with Gasteiger partial charge >= 0.3 is 17.9 Å². The van der Waals surface area contributed by atoms with E-state index in [9.17, 15) is 14.4 Å². The van der Waals surface area contributed by atoms with Gasteiger partial charge in [-0.1, -0.05) is 380 Å². The van der Waals surface area contributed by atoms with E-state index in [0.29, 0.717) is 19.3 Å². The van der Waals surface area contributed by atoms with Gasteiger partial charge in [-0.25, -0.2) is 0 Å². The number of unbranched alkanes of at least 4 members (excludes halogenated alkanes) is 56. The number of carbonyl (C=O) groups is 3. The molecule has 0 aromatic carbocycles. The van der Waals surface area contributed by atoms with Gasteiger partial charge in [-0.05, 0) is 19.3 Å². The Hall–Kier alpha value is -1.59. The van der Waals surface area contributed by atoms with Crippen LogP contribution in [0.4, 0.5) is 0 Å². The molecule has 0 bridgehead atoms. The molecule has 0 spiro atoms. The van der Waals surface area contributed by atoms with Crippen molar-refractivity contribution in [2.75, 3.05) is 13.2 Å². The first-order valence-corrected chi connectivity index (χ1v) is 35.5. The predicted molar refractivity (Wildman–Crippen MR) is 335 cm³/mol. The molecule has 0 saturated heterocycles. The second-order valence-electron chi connectivity index (χ2n) is 24.5. The maximum absolute atomic E-state index is 12.8. The first kappa shape index (κ1) is 75.4. The Morgan fingerprint density at radius 3 is 0.519 bits per heavy atom. The van der Waals surface area contributed by atoms with Gasteiger partial charge in [0.15, 0.2) is 6.10 Å². The van der Waals surface area contributed by atoms with Crippen molar-refractivity contribution in [3.8, 4) is 0 Å². The van der Waals surface area contributed by atoms with Crippen LogP contribution in [0.25, 0.3) is 0 Å². The minimum Gasteiger partial charge on any atom is -0.462 e. The van der Waals surface area contributed by atoms with Crippen molar-refractivity contribution in [3.05, 3.63) is 0 Å². The minimum absolute atomic E-state index is 0.0618. The molecule has 0 amide bonds. The lowest BCUT2D eigenvalue weighted by atomic mass is 10.0. The smallest absolute Gasteiger partial charge is 0.306 e. The van der Waals surface area contributed by atoms with E-state index < -0.39 is 6.10 Å². The molecule has 0 aromatic rings. The number of esters is 3. The van der Waals surface area contributed by atoms with Crippen LogP contribution in [0.2, 0.25) is 0 Å². The maximum Gasteiger partial charge on any atom is 0.306 e. The summed E-state index contributed by atoms with van der Waals surface area (Å²) in [6.07, 6.45) is 79.1. The lowest BCUT2D eigenvalue weighted by molar-refractivity contribution is -0.167. The molecule has 0 aliphatic carbocycles. The highest BCUT2D eigenvalue weighted by molar-refractivity contribution is 5.71. The quantitative estimate of drug-likeness (QED) is 0.0343. The van der Waals surface area contributed by atoms with Gasteiger partial charge in [0, 0.05) is 19.3 Å². The molecule has 6 heteroatoms. The van der Waals surface area contributed by atoms with Crippen LogP contribution in [0.3, 0.4) is 0 Å². The van der Waals surface area contributed by atoms with E-state index in [-0.39, 0.29) is 31.1 Å². The van der Waals surface area contributed by atoms with Crippen molar-refractivity contribution < 1.29 is 28.6 Å². The van der Waals surface area contributed by atoms with Crippen molar-refractivity contribution in [1.29, 1.82) is 0 Å². The van der Waals surface area contributed by atoms with E-state index >= 15 is 0 Å². The molecule has 458 valence electrons. The van der Waals surface area contributed by atoms with Gasteiger partial charge in [-0.15, -0.1) is 0 Å². The molecule has 1 unspecified atom stereocenters. The monoisotopic (exact) mass is 1090 g/mol. The molecule has 77 heavy (non-hydrogen) atoms. The average molecular weight is 1090 g/mol. The van der Waals surface area contributed by atoms with Crippen molar-refractivity contribution in [3.63, 3.8) is 0 Å². The molecule has 1 atom stereocenters. The molecule has 0 radical (unpaired) electrons. The second-order valence-corrected chi connectivity index (χ2v) is 24.5. The molecule has 0 saturated carbocycles. The first-order valence-electron chi connectivity index (χ1n) is 35.5. The molecule has 0 N–H and O–H groups in total. The molecule has 6 nitrogen and oxygen atoms in total. The lowest BCUT2D eigenvalue weighted by Gasteiger charge is -2.18. The molecule has 0 rings (SSSR count). The first-order chi connectivity index (χ1) is 38.0. The molecule has 0 fully saturated rings. The zero-order chi connectivity index (χ0) is 55.7. The fourth-order valence-corrected chi connectivity index (χ4v) is 11.3.